The van der Waals surface area contributed by atoms with Gasteiger partial charge in [-0.05, 0) is 114 Å². The summed E-state index contributed by atoms with van der Waals surface area (Å²) in [5.41, 5.74) is 0.978. The molecule has 3 aliphatic heterocycles. The lowest BCUT2D eigenvalue weighted by Crippen LogP contribution is -2.61. The number of amides is 7. The average Bonchev–Trinajstić information content (AvgIpc) is 4.01. The summed E-state index contributed by atoms with van der Waals surface area (Å²) < 4.78 is 5.87. The minimum absolute atomic E-state index is 0.00173. The molecule has 8 atom stereocenters. The second-order valence-corrected chi connectivity index (χ2v) is 17.7. The normalized spacial score (nSPS) is 24.7. The van der Waals surface area contributed by atoms with Crippen molar-refractivity contribution in [2.24, 2.45) is 0 Å². The molecule has 0 radical (unpaired) electrons. The zero-order valence-electron chi connectivity index (χ0n) is 38.5. The van der Waals surface area contributed by atoms with Crippen LogP contribution in [-0.4, -0.2) is 141 Å². The highest BCUT2D eigenvalue weighted by molar-refractivity contribution is 6.00. The topological polar surface area (TPSA) is 256 Å². The number of fused-ring (bicyclic) bond motifs is 2. The van der Waals surface area contributed by atoms with Gasteiger partial charge in [-0.15, -0.1) is 0 Å². The largest absolute Gasteiger partial charge is 0.508 e. The standard InChI is InChI=1S/C48H69N7O11/c1-4-5-6-7-8-9-29-66-35-23-19-33(20-24-35)42(59)50-36-13-10-26-49-45(62)38-14-11-27-54(38)47(64)40(30(2)56)53-44(61)37(25-18-32-16-21-34(58)22-17-32)51-46(63)39-15-12-28-55(39)48(65)41(31(3)57)52-43(36)60/h16-17,19-24,30-31,36-41,56-58H,4-15,18,25-29H2,1-3H3,(H,49,62)(H,50,59)(H,51,63)(H,52,60)(H,53,61)/t30-,31-,36+,37+,38+,39+,40+,41+/m1/s1. The van der Waals surface area contributed by atoms with Crippen LogP contribution in [0.1, 0.15) is 120 Å². The van der Waals surface area contributed by atoms with E-state index in [1.807, 2.05) is 0 Å². The third-order valence-electron chi connectivity index (χ3n) is 12.5. The minimum atomic E-state index is -1.53. The third kappa shape index (κ3) is 14.4. The lowest BCUT2D eigenvalue weighted by atomic mass is 10.0. The predicted molar refractivity (Wildman–Crippen MR) is 244 cm³/mol. The maximum absolute atomic E-state index is 14.2. The highest BCUT2D eigenvalue weighted by Crippen LogP contribution is 2.23. The molecule has 3 fully saturated rings. The first kappa shape index (κ1) is 51.2. The molecule has 0 spiro atoms. The van der Waals surface area contributed by atoms with Crippen LogP contribution in [0.2, 0.25) is 0 Å². The van der Waals surface area contributed by atoms with Crippen LogP contribution in [0.15, 0.2) is 48.5 Å². The zero-order chi connectivity index (χ0) is 47.8. The average molecular weight is 920 g/mol. The Morgan fingerprint density at radius 1 is 0.712 bits per heavy atom. The lowest BCUT2D eigenvalue weighted by molar-refractivity contribution is -0.145. The summed E-state index contributed by atoms with van der Waals surface area (Å²) in [4.78, 5) is 100. The molecule has 0 saturated carbocycles. The Morgan fingerprint density at radius 2 is 1.29 bits per heavy atom. The van der Waals surface area contributed by atoms with Gasteiger partial charge in [-0.2, -0.15) is 0 Å². The van der Waals surface area contributed by atoms with Gasteiger partial charge >= 0.3 is 0 Å². The molecule has 66 heavy (non-hydrogen) atoms. The van der Waals surface area contributed by atoms with Crippen LogP contribution in [0.25, 0.3) is 0 Å². The number of unbranched alkanes of at least 4 members (excludes halogenated alkanes) is 5. The Labute approximate surface area is 387 Å². The van der Waals surface area contributed by atoms with Crippen LogP contribution in [0.3, 0.4) is 0 Å². The van der Waals surface area contributed by atoms with Crippen molar-refractivity contribution < 1.29 is 53.6 Å². The molecule has 7 amide bonds. The van der Waals surface area contributed by atoms with Gasteiger partial charge in [0.25, 0.3) is 5.91 Å². The van der Waals surface area contributed by atoms with Crippen LogP contribution in [0, 0.1) is 0 Å². The Kier molecular flexibility index (Phi) is 19.6. The highest BCUT2D eigenvalue weighted by Gasteiger charge is 2.43. The van der Waals surface area contributed by atoms with E-state index in [-0.39, 0.29) is 63.1 Å². The number of aliphatic hydroxyl groups excluding tert-OH is 2. The van der Waals surface area contributed by atoms with Crippen molar-refractivity contribution in [2.45, 2.75) is 159 Å². The van der Waals surface area contributed by atoms with Crippen LogP contribution < -0.4 is 31.3 Å². The Bertz CT molecular complexity index is 1960. The fraction of sp³-hybridized carbons (Fsp3) is 0.604. The van der Waals surface area contributed by atoms with E-state index in [0.717, 1.165) is 24.8 Å². The molecule has 0 aromatic heterocycles. The number of carbonyl (C=O) groups is 7. The second-order valence-electron chi connectivity index (χ2n) is 17.7. The molecule has 2 aromatic carbocycles. The zero-order valence-corrected chi connectivity index (χ0v) is 38.5. The van der Waals surface area contributed by atoms with Gasteiger partial charge in [-0.1, -0.05) is 51.2 Å². The molecule has 2 aromatic rings. The summed E-state index contributed by atoms with van der Waals surface area (Å²) >= 11 is 0. The number of carbonyl (C=O) groups excluding carboxylic acids is 7. The van der Waals surface area contributed by atoms with Crippen LogP contribution >= 0.6 is 0 Å². The summed E-state index contributed by atoms with van der Waals surface area (Å²) in [6, 6.07) is 5.27. The number of benzene rings is 2. The molecule has 18 heteroatoms. The van der Waals surface area contributed by atoms with Crippen LogP contribution in [0.5, 0.6) is 11.5 Å². The SMILES string of the molecule is CCCCCCCCOc1ccc(C(=O)N[C@H]2CCCNC(=O)[C@@H]3CCCN3C(=O)[C@H]([C@@H](C)O)NC(=O)[C@H](CCc3ccc(O)cc3)NC(=O)[C@@H]3CCCN3C(=O)[C@H]([C@@H](C)O)NC2=O)cc1. The quantitative estimate of drug-likeness (QED) is 0.120. The van der Waals surface area contributed by atoms with Crippen molar-refractivity contribution in [1.29, 1.82) is 0 Å². The molecular formula is C48H69N7O11. The number of rotatable bonds is 15. The summed E-state index contributed by atoms with van der Waals surface area (Å²) in [7, 11) is 0. The van der Waals surface area contributed by atoms with Gasteiger partial charge in [-0.3, -0.25) is 33.6 Å². The number of nitrogens with one attached hydrogen (secondary N) is 5. The summed E-state index contributed by atoms with van der Waals surface area (Å²) in [5.74, 6) is -4.10. The van der Waals surface area contributed by atoms with Crippen molar-refractivity contribution in [3.05, 3.63) is 59.7 Å². The van der Waals surface area contributed by atoms with E-state index >= 15 is 0 Å². The fourth-order valence-corrected chi connectivity index (χ4v) is 8.68. The minimum Gasteiger partial charge on any atom is -0.508 e. The Morgan fingerprint density at radius 3 is 1.89 bits per heavy atom. The maximum Gasteiger partial charge on any atom is 0.251 e. The summed E-state index contributed by atoms with van der Waals surface area (Å²) in [6.07, 6.45) is 5.75. The van der Waals surface area contributed by atoms with Crippen molar-refractivity contribution in [3.63, 3.8) is 0 Å². The number of aromatic hydroxyl groups is 1. The van der Waals surface area contributed by atoms with Gasteiger partial charge in [-0.25, -0.2) is 0 Å². The number of aryl methyl sites for hydroxylation is 1. The summed E-state index contributed by atoms with van der Waals surface area (Å²) in [5, 5.41) is 45.1. The number of aliphatic hydroxyl groups is 2. The molecule has 3 saturated heterocycles. The van der Waals surface area contributed by atoms with Crippen molar-refractivity contribution >= 4 is 41.4 Å². The highest BCUT2D eigenvalue weighted by atomic mass is 16.5. The fourth-order valence-electron chi connectivity index (χ4n) is 8.68. The van der Waals surface area contributed by atoms with Crippen molar-refractivity contribution in [3.8, 4) is 11.5 Å². The first-order valence-electron chi connectivity index (χ1n) is 23.7. The number of ether oxygens (including phenoxy) is 1. The summed E-state index contributed by atoms with van der Waals surface area (Å²) in [6.45, 7) is 5.72. The first-order valence-corrected chi connectivity index (χ1v) is 23.7. The second kappa shape index (κ2) is 25.2. The van der Waals surface area contributed by atoms with Gasteiger partial charge < -0.3 is 56.4 Å². The lowest BCUT2D eigenvalue weighted by Gasteiger charge is -2.32. The van der Waals surface area contributed by atoms with E-state index in [1.54, 1.807) is 36.4 Å². The van der Waals surface area contributed by atoms with E-state index in [1.165, 1.54) is 55.0 Å². The Balaban J connectivity index is 1.38. The predicted octanol–water partition coefficient (Wildman–Crippen LogP) is 1.97. The van der Waals surface area contributed by atoms with Gasteiger partial charge in [0.2, 0.25) is 35.4 Å². The van der Waals surface area contributed by atoms with Crippen LogP contribution in [-0.2, 0) is 35.2 Å². The number of phenolic OH excluding ortho intramolecular Hbond substituents is 1. The van der Waals surface area contributed by atoms with Crippen molar-refractivity contribution in [2.75, 3.05) is 26.2 Å². The molecule has 3 heterocycles. The van der Waals surface area contributed by atoms with Gasteiger partial charge in [0, 0.05) is 25.2 Å². The number of phenols is 1. The molecule has 0 bridgehead atoms. The molecule has 18 nitrogen and oxygen atoms in total. The molecule has 5 rings (SSSR count). The van der Waals surface area contributed by atoms with E-state index in [0.29, 0.717) is 31.6 Å². The van der Waals surface area contributed by atoms with Gasteiger partial charge in [0.05, 0.1) is 18.8 Å². The molecular weight excluding hydrogens is 851 g/mol. The Hall–Kier alpha value is -5.75. The monoisotopic (exact) mass is 920 g/mol. The van der Waals surface area contributed by atoms with E-state index in [2.05, 4.69) is 33.5 Å². The number of hydrogen-bond donors (Lipinski definition) is 8. The molecule has 0 unspecified atom stereocenters. The van der Waals surface area contributed by atoms with E-state index < -0.39 is 89.8 Å². The molecule has 3 aliphatic rings. The van der Waals surface area contributed by atoms with E-state index in [4.69, 9.17) is 4.74 Å². The third-order valence-corrected chi connectivity index (χ3v) is 12.5. The van der Waals surface area contributed by atoms with Crippen LogP contribution in [0.4, 0.5) is 0 Å². The van der Waals surface area contributed by atoms with Crippen molar-refractivity contribution in [1.82, 2.24) is 36.4 Å². The van der Waals surface area contributed by atoms with Gasteiger partial charge in [0.1, 0.15) is 47.8 Å². The molecule has 0 aliphatic carbocycles. The first-order chi connectivity index (χ1) is 31.7. The number of hydrogen-bond acceptors (Lipinski definition) is 11. The van der Waals surface area contributed by atoms with E-state index in [9.17, 15) is 48.9 Å². The van der Waals surface area contributed by atoms with Gasteiger partial charge in [0.15, 0.2) is 0 Å². The smallest absolute Gasteiger partial charge is 0.251 e. The molecule has 362 valence electrons. The molecule has 8 N–H and O–H groups in total. The maximum atomic E-state index is 14.2. The number of nitrogens with zero attached hydrogens (tertiary/aromatic N) is 2.